The Bertz CT molecular complexity index is 444. The van der Waals surface area contributed by atoms with Crippen molar-refractivity contribution in [1.29, 1.82) is 0 Å². The van der Waals surface area contributed by atoms with Crippen LogP contribution in [0.4, 0.5) is 0 Å². The van der Waals surface area contributed by atoms with E-state index in [1.54, 1.807) is 6.20 Å². The second-order valence-electron chi connectivity index (χ2n) is 5.80. The molecule has 4 heteroatoms. The number of ether oxygens (including phenoxy) is 1. The molecule has 0 bridgehead atoms. The third-order valence-electron chi connectivity index (χ3n) is 4.68. The molecular weight excluding hydrogens is 370 g/mol. The second-order valence-corrected chi connectivity index (χ2v) is 7.82. The summed E-state index contributed by atoms with van der Waals surface area (Å²) in [5, 5.41) is 0. The van der Waals surface area contributed by atoms with E-state index >= 15 is 0 Å². The van der Waals surface area contributed by atoms with E-state index in [9.17, 15) is 0 Å². The van der Waals surface area contributed by atoms with E-state index in [1.165, 1.54) is 38.5 Å². The van der Waals surface area contributed by atoms with Crippen molar-refractivity contribution in [2.24, 2.45) is 5.41 Å². The van der Waals surface area contributed by atoms with Crippen molar-refractivity contribution in [1.82, 2.24) is 4.98 Å². The molecule has 1 spiro atoms. The predicted octanol–water partition coefficient (Wildman–Crippen LogP) is 5.10. The smallest absolute Gasteiger partial charge is 0.139 e. The molecule has 2 aliphatic carbocycles. The van der Waals surface area contributed by atoms with Crippen LogP contribution in [0.25, 0.3) is 0 Å². The van der Waals surface area contributed by atoms with Gasteiger partial charge in [-0.1, -0.05) is 41.6 Å². The van der Waals surface area contributed by atoms with Gasteiger partial charge < -0.3 is 4.74 Å². The van der Waals surface area contributed by atoms with Crippen molar-refractivity contribution >= 4 is 31.9 Å². The van der Waals surface area contributed by atoms with E-state index in [0.717, 1.165) is 16.6 Å². The van der Waals surface area contributed by atoms with Crippen molar-refractivity contribution < 1.29 is 4.74 Å². The van der Waals surface area contributed by atoms with Gasteiger partial charge in [0.15, 0.2) is 0 Å². The Morgan fingerprint density at radius 3 is 2.53 bits per heavy atom. The van der Waals surface area contributed by atoms with Gasteiger partial charge in [-0.15, -0.1) is 0 Å². The molecule has 0 aromatic carbocycles. The Kier molecular flexibility index (Phi) is 4.18. The van der Waals surface area contributed by atoms with Gasteiger partial charge in [-0.3, -0.25) is 4.98 Å². The molecule has 104 valence electrons. The average Bonchev–Trinajstić information content (AvgIpc) is 2.66. The van der Waals surface area contributed by atoms with Gasteiger partial charge in [-0.25, -0.2) is 0 Å². The zero-order valence-electron chi connectivity index (χ0n) is 10.9. The summed E-state index contributed by atoms with van der Waals surface area (Å²) in [4.78, 5) is 4.81. The number of pyridine rings is 1. The van der Waals surface area contributed by atoms with Crippen LogP contribution in [0.2, 0.25) is 0 Å². The third kappa shape index (κ3) is 2.71. The highest BCUT2D eigenvalue weighted by atomic mass is 79.9. The van der Waals surface area contributed by atoms with Crippen molar-refractivity contribution in [3.8, 4) is 5.75 Å². The van der Waals surface area contributed by atoms with E-state index in [4.69, 9.17) is 4.74 Å². The topological polar surface area (TPSA) is 22.1 Å². The minimum absolute atomic E-state index is 0.353. The molecular formula is C15H19Br2NO. The molecule has 2 nitrogen and oxygen atoms in total. The summed E-state index contributed by atoms with van der Waals surface area (Å²) in [5.74, 6) is 0.891. The highest BCUT2D eigenvalue weighted by Crippen LogP contribution is 2.55. The molecule has 0 amide bonds. The van der Waals surface area contributed by atoms with E-state index in [-0.39, 0.29) is 0 Å². The molecule has 3 rings (SSSR count). The summed E-state index contributed by atoms with van der Waals surface area (Å²) in [6.07, 6.45) is 13.1. The number of aromatic nitrogens is 1. The molecule has 0 N–H and O–H groups in total. The standard InChI is InChI=1S/C15H19Br2NO/c16-11-7-12(10-18-9-11)19-14-8-13(17)15(14)5-3-1-2-4-6-15/h7,9-10,13-14H,1-6,8H2. The summed E-state index contributed by atoms with van der Waals surface area (Å²) < 4.78 is 7.21. The summed E-state index contributed by atoms with van der Waals surface area (Å²) in [6, 6.07) is 2.01. The molecule has 1 aromatic heterocycles. The van der Waals surface area contributed by atoms with Gasteiger partial charge in [-0.2, -0.15) is 0 Å². The SMILES string of the molecule is Brc1cncc(OC2CC(Br)C23CCCCCC3)c1. The maximum atomic E-state index is 6.23. The van der Waals surface area contributed by atoms with E-state index in [0.29, 0.717) is 16.3 Å². The van der Waals surface area contributed by atoms with Crippen molar-refractivity contribution in [3.63, 3.8) is 0 Å². The lowest BCUT2D eigenvalue weighted by atomic mass is 9.61. The first-order chi connectivity index (χ1) is 9.21. The molecule has 0 aliphatic heterocycles. The Hall–Kier alpha value is -0.0900. The van der Waals surface area contributed by atoms with Crippen LogP contribution in [-0.4, -0.2) is 15.9 Å². The largest absolute Gasteiger partial charge is 0.488 e. The fourth-order valence-corrected chi connectivity index (χ4v) is 4.94. The molecule has 2 saturated carbocycles. The van der Waals surface area contributed by atoms with E-state index in [2.05, 4.69) is 36.8 Å². The lowest BCUT2D eigenvalue weighted by molar-refractivity contribution is -0.0464. The summed E-state index contributed by atoms with van der Waals surface area (Å²) in [7, 11) is 0. The quantitative estimate of drug-likeness (QED) is 0.657. The minimum atomic E-state index is 0.353. The van der Waals surface area contributed by atoms with Gasteiger partial charge >= 0.3 is 0 Å². The molecule has 1 aromatic rings. The Morgan fingerprint density at radius 1 is 1.16 bits per heavy atom. The fourth-order valence-electron chi connectivity index (χ4n) is 3.51. The Labute approximate surface area is 131 Å². The summed E-state index contributed by atoms with van der Waals surface area (Å²) in [5.41, 5.74) is 0.360. The Balaban J connectivity index is 1.74. The van der Waals surface area contributed by atoms with Gasteiger partial charge in [0, 0.05) is 20.9 Å². The maximum absolute atomic E-state index is 6.23. The van der Waals surface area contributed by atoms with Crippen LogP contribution in [-0.2, 0) is 0 Å². The number of hydrogen-bond acceptors (Lipinski definition) is 2. The molecule has 0 saturated heterocycles. The maximum Gasteiger partial charge on any atom is 0.139 e. The van der Waals surface area contributed by atoms with Gasteiger partial charge in [0.05, 0.1) is 6.20 Å². The molecule has 1 heterocycles. The van der Waals surface area contributed by atoms with Gasteiger partial charge in [-0.05, 0) is 41.3 Å². The van der Waals surface area contributed by atoms with Crippen LogP contribution in [0.5, 0.6) is 5.75 Å². The molecule has 19 heavy (non-hydrogen) atoms. The number of hydrogen-bond donors (Lipinski definition) is 0. The van der Waals surface area contributed by atoms with Gasteiger partial charge in [0.1, 0.15) is 11.9 Å². The number of rotatable bonds is 2. The summed E-state index contributed by atoms with van der Waals surface area (Å²) >= 11 is 7.33. The zero-order chi connectivity index (χ0) is 13.3. The molecule has 0 radical (unpaired) electrons. The third-order valence-corrected chi connectivity index (χ3v) is 6.40. The predicted molar refractivity (Wildman–Crippen MR) is 83.8 cm³/mol. The van der Waals surface area contributed by atoms with Gasteiger partial charge in [0.25, 0.3) is 0 Å². The van der Waals surface area contributed by atoms with E-state index < -0.39 is 0 Å². The highest BCUT2D eigenvalue weighted by molar-refractivity contribution is 9.10. The lowest BCUT2D eigenvalue weighted by Gasteiger charge is -2.53. The second kappa shape index (κ2) is 5.72. The van der Waals surface area contributed by atoms with Crippen LogP contribution in [0.3, 0.4) is 0 Å². The molecule has 2 aliphatic rings. The highest BCUT2D eigenvalue weighted by Gasteiger charge is 2.54. The fraction of sp³-hybridized carbons (Fsp3) is 0.667. The van der Waals surface area contributed by atoms with Gasteiger partial charge in [0.2, 0.25) is 0 Å². The number of alkyl halides is 1. The van der Waals surface area contributed by atoms with Crippen LogP contribution in [0.15, 0.2) is 22.9 Å². The van der Waals surface area contributed by atoms with Crippen molar-refractivity contribution in [3.05, 3.63) is 22.9 Å². The lowest BCUT2D eigenvalue weighted by Crippen LogP contribution is -2.56. The van der Waals surface area contributed by atoms with Crippen LogP contribution in [0, 0.1) is 5.41 Å². The van der Waals surface area contributed by atoms with E-state index in [1.807, 2.05) is 12.3 Å². The monoisotopic (exact) mass is 387 g/mol. The average molecular weight is 389 g/mol. The first-order valence-corrected chi connectivity index (χ1v) is 8.83. The van der Waals surface area contributed by atoms with Crippen molar-refractivity contribution in [2.45, 2.75) is 55.9 Å². The number of nitrogens with zero attached hydrogens (tertiary/aromatic N) is 1. The molecule has 2 atom stereocenters. The van der Waals surface area contributed by atoms with Crippen LogP contribution >= 0.6 is 31.9 Å². The zero-order valence-corrected chi connectivity index (χ0v) is 14.1. The summed E-state index contributed by atoms with van der Waals surface area (Å²) in [6.45, 7) is 0. The molecule has 2 fully saturated rings. The van der Waals surface area contributed by atoms with Crippen LogP contribution < -0.4 is 4.74 Å². The Morgan fingerprint density at radius 2 is 1.89 bits per heavy atom. The minimum Gasteiger partial charge on any atom is -0.488 e. The van der Waals surface area contributed by atoms with Crippen molar-refractivity contribution in [2.75, 3.05) is 0 Å². The molecule has 2 unspecified atom stereocenters. The normalized spacial score (nSPS) is 29.6. The first-order valence-electron chi connectivity index (χ1n) is 7.12. The van der Waals surface area contributed by atoms with Crippen LogP contribution in [0.1, 0.15) is 44.9 Å². The first kappa shape index (κ1) is 13.9. The number of halogens is 2.